The first-order valence-electron chi connectivity index (χ1n) is 7.67. The van der Waals surface area contributed by atoms with Gasteiger partial charge in [-0.05, 0) is 24.6 Å². The molecular weight excluding hydrogens is 330 g/mol. The smallest absolute Gasteiger partial charge is 0.325 e. The predicted molar refractivity (Wildman–Crippen MR) is 83.2 cm³/mol. The first kappa shape index (κ1) is 16.6. The van der Waals surface area contributed by atoms with Crippen molar-refractivity contribution in [3.8, 4) is 0 Å². The van der Waals surface area contributed by atoms with E-state index in [4.69, 9.17) is 4.84 Å². The Hall–Kier alpha value is -3.23. The van der Waals surface area contributed by atoms with Gasteiger partial charge in [0.05, 0.1) is 5.56 Å². The molecule has 3 rings (SSSR count). The van der Waals surface area contributed by atoms with Gasteiger partial charge in [-0.3, -0.25) is 24.6 Å². The van der Waals surface area contributed by atoms with Crippen molar-refractivity contribution >= 4 is 35.4 Å². The number of nitrogens with zero attached hydrogens (tertiary/aromatic N) is 2. The van der Waals surface area contributed by atoms with Gasteiger partial charge in [0.1, 0.15) is 0 Å². The van der Waals surface area contributed by atoms with E-state index in [2.05, 4.69) is 5.32 Å². The van der Waals surface area contributed by atoms with Gasteiger partial charge in [0, 0.05) is 31.5 Å². The number of anilines is 1. The van der Waals surface area contributed by atoms with E-state index in [0.29, 0.717) is 10.8 Å². The lowest BCUT2D eigenvalue weighted by atomic mass is 10.1. The van der Waals surface area contributed by atoms with Gasteiger partial charge in [0.2, 0.25) is 5.91 Å². The Morgan fingerprint density at radius 1 is 1.08 bits per heavy atom. The highest BCUT2D eigenvalue weighted by molar-refractivity contribution is 6.07. The van der Waals surface area contributed by atoms with Gasteiger partial charge >= 0.3 is 12.0 Å². The summed E-state index contributed by atoms with van der Waals surface area (Å²) in [4.78, 5) is 64.8. The minimum Gasteiger partial charge on any atom is -0.325 e. The number of nitrogens with one attached hydrogen (secondary N) is 1. The number of aryl methyl sites for hydroxylation is 1. The molecule has 2 heterocycles. The molecule has 0 bridgehead atoms. The predicted octanol–water partition coefficient (Wildman–Crippen LogP) is 0.662. The Bertz CT molecular complexity index is 787. The fraction of sp³-hybridized carbons (Fsp3) is 0.312. The number of carbonyl (C=O) groups is 5. The van der Waals surface area contributed by atoms with Gasteiger partial charge in [0.15, 0.2) is 0 Å². The maximum Gasteiger partial charge on any atom is 0.363 e. The van der Waals surface area contributed by atoms with E-state index in [1.54, 1.807) is 13.0 Å². The topological polar surface area (TPSA) is 113 Å². The number of hydrogen-bond acceptors (Lipinski definition) is 6. The Labute approximate surface area is 142 Å². The van der Waals surface area contributed by atoms with Gasteiger partial charge in [-0.1, -0.05) is 6.07 Å². The maximum absolute atomic E-state index is 12.2. The molecule has 9 heteroatoms. The first-order chi connectivity index (χ1) is 11.9. The molecule has 130 valence electrons. The maximum atomic E-state index is 12.2. The summed E-state index contributed by atoms with van der Waals surface area (Å²) in [6.45, 7) is 1.94. The second kappa shape index (κ2) is 6.34. The standard InChI is InChI=1S/C16H15N3O6/c1-9-2-3-10(15(23)25-19-13(21)4-5-14(19)22)8-11(9)18-7-6-12(20)17-16(18)24/h2-3,8H,4-7H2,1H3,(H,17,20,24). The zero-order chi connectivity index (χ0) is 18.1. The molecule has 2 aliphatic rings. The van der Waals surface area contributed by atoms with E-state index in [-0.39, 0.29) is 37.3 Å². The second-order valence-electron chi connectivity index (χ2n) is 5.72. The monoisotopic (exact) mass is 345 g/mol. The zero-order valence-electron chi connectivity index (χ0n) is 13.4. The van der Waals surface area contributed by atoms with E-state index in [9.17, 15) is 24.0 Å². The Morgan fingerprint density at radius 3 is 2.40 bits per heavy atom. The third-order valence-electron chi connectivity index (χ3n) is 3.97. The number of benzene rings is 1. The number of hydroxylamine groups is 2. The summed E-state index contributed by atoms with van der Waals surface area (Å²) in [5.41, 5.74) is 1.24. The van der Waals surface area contributed by atoms with Crippen LogP contribution in [0.25, 0.3) is 0 Å². The molecule has 0 aliphatic carbocycles. The summed E-state index contributed by atoms with van der Waals surface area (Å²) < 4.78 is 0. The highest BCUT2D eigenvalue weighted by atomic mass is 16.7. The quantitative estimate of drug-likeness (QED) is 0.805. The van der Waals surface area contributed by atoms with Crippen LogP contribution in [0.3, 0.4) is 0 Å². The number of amides is 5. The van der Waals surface area contributed by atoms with Crippen molar-refractivity contribution in [1.82, 2.24) is 10.4 Å². The lowest BCUT2D eigenvalue weighted by Gasteiger charge is -2.28. The minimum atomic E-state index is -0.877. The largest absolute Gasteiger partial charge is 0.363 e. The van der Waals surface area contributed by atoms with Gasteiger partial charge in [-0.15, -0.1) is 5.06 Å². The van der Waals surface area contributed by atoms with Crippen molar-refractivity contribution < 1.29 is 28.8 Å². The summed E-state index contributed by atoms with van der Waals surface area (Å²) in [5.74, 6) is -2.38. The molecular formula is C16H15N3O6. The minimum absolute atomic E-state index is 0.00718. The Balaban J connectivity index is 1.82. The first-order valence-corrected chi connectivity index (χ1v) is 7.67. The van der Waals surface area contributed by atoms with Crippen LogP contribution in [0.2, 0.25) is 0 Å². The fourth-order valence-electron chi connectivity index (χ4n) is 2.61. The van der Waals surface area contributed by atoms with E-state index < -0.39 is 23.8 Å². The van der Waals surface area contributed by atoms with E-state index in [1.165, 1.54) is 17.0 Å². The molecule has 1 aromatic carbocycles. The molecule has 1 aromatic rings. The molecule has 0 unspecified atom stereocenters. The molecule has 0 spiro atoms. The van der Waals surface area contributed by atoms with Crippen LogP contribution in [0.4, 0.5) is 10.5 Å². The second-order valence-corrected chi connectivity index (χ2v) is 5.72. The molecule has 2 fully saturated rings. The lowest BCUT2D eigenvalue weighted by molar-refractivity contribution is -0.172. The molecule has 2 saturated heterocycles. The number of imide groups is 2. The van der Waals surface area contributed by atoms with Crippen LogP contribution in [-0.4, -0.2) is 41.3 Å². The van der Waals surface area contributed by atoms with E-state index in [1.807, 2.05) is 0 Å². The summed E-state index contributed by atoms with van der Waals surface area (Å²) in [6.07, 6.45) is 0.164. The molecule has 0 atom stereocenters. The normalized spacial score (nSPS) is 17.8. The third kappa shape index (κ3) is 3.21. The average Bonchev–Trinajstić information content (AvgIpc) is 2.88. The fourth-order valence-corrected chi connectivity index (χ4v) is 2.61. The van der Waals surface area contributed by atoms with Crippen LogP contribution in [0.1, 0.15) is 35.2 Å². The summed E-state index contributed by atoms with van der Waals surface area (Å²) in [7, 11) is 0. The van der Waals surface area contributed by atoms with Gasteiger partial charge < -0.3 is 4.84 Å². The van der Waals surface area contributed by atoms with Gasteiger partial charge in [0.25, 0.3) is 11.8 Å². The number of rotatable bonds is 3. The zero-order valence-corrected chi connectivity index (χ0v) is 13.4. The number of carbonyl (C=O) groups excluding carboxylic acids is 5. The van der Waals surface area contributed by atoms with Crippen molar-refractivity contribution in [2.75, 3.05) is 11.4 Å². The summed E-state index contributed by atoms with van der Waals surface area (Å²) >= 11 is 0. The van der Waals surface area contributed by atoms with Crippen molar-refractivity contribution in [1.29, 1.82) is 0 Å². The Morgan fingerprint density at radius 2 is 1.76 bits per heavy atom. The van der Waals surface area contributed by atoms with Crippen LogP contribution in [0.5, 0.6) is 0 Å². The highest BCUT2D eigenvalue weighted by Crippen LogP contribution is 2.24. The molecule has 1 N–H and O–H groups in total. The van der Waals surface area contributed by atoms with Crippen LogP contribution in [-0.2, 0) is 19.2 Å². The van der Waals surface area contributed by atoms with Crippen molar-refractivity contribution in [2.24, 2.45) is 0 Å². The van der Waals surface area contributed by atoms with Crippen LogP contribution in [0.15, 0.2) is 18.2 Å². The molecule has 0 saturated carbocycles. The van der Waals surface area contributed by atoms with Crippen molar-refractivity contribution in [3.05, 3.63) is 29.3 Å². The summed E-state index contributed by atoms with van der Waals surface area (Å²) in [5, 5.41) is 2.67. The average molecular weight is 345 g/mol. The molecule has 2 aliphatic heterocycles. The van der Waals surface area contributed by atoms with Crippen LogP contribution < -0.4 is 10.2 Å². The number of urea groups is 1. The molecule has 0 radical (unpaired) electrons. The lowest BCUT2D eigenvalue weighted by Crippen LogP contribution is -2.49. The van der Waals surface area contributed by atoms with E-state index >= 15 is 0 Å². The third-order valence-corrected chi connectivity index (χ3v) is 3.97. The SMILES string of the molecule is Cc1ccc(C(=O)ON2C(=O)CCC2=O)cc1N1CCC(=O)NC1=O. The van der Waals surface area contributed by atoms with Crippen molar-refractivity contribution in [2.45, 2.75) is 26.2 Å². The summed E-state index contributed by atoms with van der Waals surface area (Å²) in [6, 6.07) is 3.94. The van der Waals surface area contributed by atoms with Crippen molar-refractivity contribution in [3.63, 3.8) is 0 Å². The Kier molecular flexibility index (Phi) is 4.22. The molecule has 5 amide bonds. The number of hydrogen-bond donors (Lipinski definition) is 1. The molecule has 25 heavy (non-hydrogen) atoms. The molecule has 0 aromatic heterocycles. The van der Waals surface area contributed by atoms with Crippen LogP contribution >= 0.6 is 0 Å². The van der Waals surface area contributed by atoms with Gasteiger partial charge in [-0.25, -0.2) is 9.59 Å². The van der Waals surface area contributed by atoms with Gasteiger partial charge in [-0.2, -0.15) is 0 Å². The van der Waals surface area contributed by atoms with Crippen LogP contribution in [0, 0.1) is 6.92 Å². The highest BCUT2D eigenvalue weighted by Gasteiger charge is 2.33. The molecule has 9 nitrogen and oxygen atoms in total. The van der Waals surface area contributed by atoms with E-state index in [0.717, 1.165) is 5.56 Å².